The first kappa shape index (κ1) is 15.8. The van der Waals surface area contributed by atoms with Crippen molar-refractivity contribution in [1.82, 2.24) is 5.32 Å². The lowest BCUT2D eigenvalue weighted by Gasteiger charge is -2.19. The first-order chi connectivity index (χ1) is 9.63. The van der Waals surface area contributed by atoms with E-state index in [0.717, 1.165) is 13.0 Å². The SMILES string of the molecule is CCCNC1COCC1C(=O)Nc1cccc(Cl)c1Br. The highest BCUT2D eigenvalue weighted by Crippen LogP contribution is 2.30. The van der Waals surface area contributed by atoms with E-state index in [2.05, 4.69) is 33.5 Å². The fourth-order valence-corrected chi connectivity index (χ4v) is 2.71. The lowest BCUT2D eigenvalue weighted by atomic mass is 10.0. The summed E-state index contributed by atoms with van der Waals surface area (Å²) in [7, 11) is 0. The van der Waals surface area contributed by atoms with Crippen LogP contribution in [0.2, 0.25) is 5.02 Å². The fraction of sp³-hybridized carbons (Fsp3) is 0.500. The Morgan fingerprint density at radius 2 is 2.30 bits per heavy atom. The van der Waals surface area contributed by atoms with Gasteiger partial charge in [-0.1, -0.05) is 24.6 Å². The molecule has 20 heavy (non-hydrogen) atoms. The zero-order chi connectivity index (χ0) is 14.5. The Kier molecular flexibility index (Phi) is 5.84. The van der Waals surface area contributed by atoms with Crippen LogP contribution in [0.4, 0.5) is 5.69 Å². The van der Waals surface area contributed by atoms with Crippen molar-refractivity contribution in [3.63, 3.8) is 0 Å². The third kappa shape index (κ3) is 3.73. The molecule has 6 heteroatoms. The molecular weight excluding hydrogens is 344 g/mol. The molecule has 0 radical (unpaired) electrons. The van der Waals surface area contributed by atoms with Gasteiger partial charge >= 0.3 is 0 Å². The fourth-order valence-electron chi connectivity index (χ4n) is 2.17. The van der Waals surface area contributed by atoms with E-state index in [1.807, 2.05) is 6.07 Å². The van der Waals surface area contributed by atoms with Gasteiger partial charge in [-0.25, -0.2) is 0 Å². The molecule has 1 amide bonds. The Labute approximate surface area is 132 Å². The molecule has 1 fully saturated rings. The van der Waals surface area contributed by atoms with E-state index in [-0.39, 0.29) is 17.9 Å². The molecule has 1 aromatic rings. The molecule has 2 N–H and O–H groups in total. The summed E-state index contributed by atoms with van der Waals surface area (Å²) >= 11 is 9.40. The number of halogens is 2. The van der Waals surface area contributed by atoms with Crippen LogP contribution in [0.3, 0.4) is 0 Å². The van der Waals surface area contributed by atoms with Crippen molar-refractivity contribution >= 4 is 39.1 Å². The normalized spacial score (nSPS) is 21.9. The van der Waals surface area contributed by atoms with E-state index in [9.17, 15) is 4.79 Å². The van der Waals surface area contributed by atoms with Crippen LogP contribution in [0, 0.1) is 5.92 Å². The summed E-state index contributed by atoms with van der Waals surface area (Å²) in [6, 6.07) is 5.47. The first-order valence-electron chi connectivity index (χ1n) is 6.69. The first-order valence-corrected chi connectivity index (χ1v) is 7.86. The van der Waals surface area contributed by atoms with Crippen LogP contribution in [-0.2, 0) is 9.53 Å². The monoisotopic (exact) mass is 360 g/mol. The van der Waals surface area contributed by atoms with Gasteiger partial charge in [0.05, 0.1) is 34.3 Å². The van der Waals surface area contributed by atoms with Gasteiger partial charge in [0.2, 0.25) is 5.91 Å². The van der Waals surface area contributed by atoms with E-state index in [1.54, 1.807) is 12.1 Å². The molecule has 0 aliphatic carbocycles. The van der Waals surface area contributed by atoms with Crippen molar-refractivity contribution in [2.45, 2.75) is 19.4 Å². The molecule has 2 rings (SSSR count). The van der Waals surface area contributed by atoms with Gasteiger partial charge in [-0.3, -0.25) is 4.79 Å². The molecule has 4 nitrogen and oxygen atoms in total. The van der Waals surface area contributed by atoms with E-state index in [0.29, 0.717) is 28.4 Å². The van der Waals surface area contributed by atoms with Crippen LogP contribution in [0.1, 0.15) is 13.3 Å². The number of rotatable bonds is 5. The zero-order valence-corrected chi connectivity index (χ0v) is 13.6. The summed E-state index contributed by atoms with van der Waals surface area (Å²) in [5.74, 6) is -0.216. The number of hydrogen-bond donors (Lipinski definition) is 2. The Balaban J connectivity index is 2.02. The van der Waals surface area contributed by atoms with Gasteiger partial charge in [-0.05, 0) is 41.0 Å². The molecule has 110 valence electrons. The topological polar surface area (TPSA) is 50.4 Å². The van der Waals surface area contributed by atoms with Gasteiger partial charge in [-0.15, -0.1) is 0 Å². The standard InChI is InChI=1S/C14H18BrClN2O2/c1-2-6-17-12-8-20-7-9(12)14(19)18-11-5-3-4-10(16)13(11)15/h3-5,9,12,17H,2,6-8H2,1H3,(H,18,19). The molecular formula is C14H18BrClN2O2. The van der Waals surface area contributed by atoms with Crippen LogP contribution in [0.5, 0.6) is 0 Å². The number of nitrogens with one attached hydrogen (secondary N) is 2. The van der Waals surface area contributed by atoms with Gasteiger partial charge in [0.15, 0.2) is 0 Å². The minimum absolute atomic E-state index is 0.0425. The van der Waals surface area contributed by atoms with Gasteiger partial charge in [-0.2, -0.15) is 0 Å². The van der Waals surface area contributed by atoms with Crippen molar-refractivity contribution in [2.75, 3.05) is 25.1 Å². The summed E-state index contributed by atoms with van der Waals surface area (Å²) in [6.45, 7) is 4.01. The number of carbonyl (C=O) groups is 1. The third-order valence-corrected chi connectivity index (χ3v) is 4.68. The van der Waals surface area contributed by atoms with Crippen molar-refractivity contribution in [3.05, 3.63) is 27.7 Å². The second-order valence-corrected chi connectivity index (χ2v) is 6.00. The molecule has 0 spiro atoms. The van der Waals surface area contributed by atoms with Crippen LogP contribution in [-0.4, -0.2) is 31.7 Å². The average Bonchev–Trinajstić information content (AvgIpc) is 2.90. The van der Waals surface area contributed by atoms with Gasteiger partial charge < -0.3 is 15.4 Å². The number of ether oxygens (including phenoxy) is 1. The smallest absolute Gasteiger partial charge is 0.231 e. The molecule has 1 heterocycles. The summed E-state index contributed by atoms with van der Waals surface area (Å²) < 4.78 is 6.12. The lowest BCUT2D eigenvalue weighted by Crippen LogP contribution is -2.41. The number of anilines is 1. The van der Waals surface area contributed by atoms with E-state index < -0.39 is 0 Å². The molecule has 2 atom stereocenters. The molecule has 0 aromatic heterocycles. The van der Waals surface area contributed by atoms with E-state index in [4.69, 9.17) is 16.3 Å². The highest BCUT2D eigenvalue weighted by Gasteiger charge is 2.33. The summed E-state index contributed by atoms with van der Waals surface area (Å²) in [5.41, 5.74) is 0.684. The maximum absolute atomic E-state index is 12.4. The largest absolute Gasteiger partial charge is 0.379 e. The van der Waals surface area contributed by atoms with Crippen LogP contribution in [0.25, 0.3) is 0 Å². The Morgan fingerprint density at radius 3 is 3.05 bits per heavy atom. The second kappa shape index (κ2) is 7.41. The second-order valence-electron chi connectivity index (χ2n) is 4.80. The average molecular weight is 362 g/mol. The Morgan fingerprint density at radius 1 is 1.50 bits per heavy atom. The molecule has 1 aliphatic rings. The quantitative estimate of drug-likeness (QED) is 0.847. The molecule has 1 aliphatic heterocycles. The number of amides is 1. The summed E-state index contributed by atoms with van der Waals surface area (Å²) in [6.07, 6.45) is 1.03. The number of carbonyl (C=O) groups excluding carboxylic acids is 1. The van der Waals surface area contributed by atoms with Gasteiger partial charge in [0.25, 0.3) is 0 Å². The molecule has 1 saturated heterocycles. The maximum Gasteiger partial charge on any atom is 0.231 e. The minimum Gasteiger partial charge on any atom is -0.379 e. The predicted octanol–water partition coefficient (Wildman–Crippen LogP) is 3.06. The number of benzene rings is 1. The van der Waals surface area contributed by atoms with Crippen molar-refractivity contribution in [1.29, 1.82) is 0 Å². The summed E-state index contributed by atoms with van der Waals surface area (Å²) in [4.78, 5) is 12.4. The van der Waals surface area contributed by atoms with Crippen molar-refractivity contribution in [2.24, 2.45) is 5.92 Å². The van der Waals surface area contributed by atoms with Crippen molar-refractivity contribution < 1.29 is 9.53 Å². The third-order valence-electron chi connectivity index (χ3n) is 3.28. The van der Waals surface area contributed by atoms with Crippen LogP contribution < -0.4 is 10.6 Å². The lowest BCUT2D eigenvalue weighted by molar-refractivity contribution is -0.120. The Hall–Kier alpha value is -0.620. The predicted molar refractivity (Wildman–Crippen MR) is 84.2 cm³/mol. The molecule has 0 bridgehead atoms. The summed E-state index contributed by atoms with van der Waals surface area (Å²) in [5, 5.41) is 6.83. The molecule has 1 aromatic carbocycles. The van der Waals surface area contributed by atoms with Gasteiger partial charge in [0, 0.05) is 6.04 Å². The number of hydrogen-bond acceptors (Lipinski definition) is 3. The molecule has 0 saturated carbocycles. The van der Waals surface area contributed by atoms with Crippen LogP contribution in [0.15, 0.2) is 22.7 Å². The van der Waals surface area contributed by atoms with Gasteiger partial charge in [0.1, 0.15) is 0 Å². The Bertz CT molecular complexity index is 484. The maximum atomic E-state index is 12.4. The zero-order valence-electron chi connectivity index (χ0n) is 11.3. The highest BCUT2D eigenvalue weighted by atomic mass is 79.9. The van der Waals surface area contributed by atoms with E-state index in [1.165, 1.54) is 0 Å². The van der Waals surface area contributed by atoms with Crippen LogP contribution >= 0.6 is 27.5 Å². The van der Waals surface area contributed by atoms with Crippen molar-refractivity contribution in [3.8, 4) is 0 Å². The molecule has 2 unspecified atom stereocenters. The van der Waals surface area contributed by atoms with E-state index >= 15 is 0 Å². The minimum atomic E-state index is -0.174. The highest BCUT2D eigenvalue weighted by molar-refractivity contribution is 9.10.